The highest BCUT2D eigenvalue weighted by molar-refractivity contribution is 9.10. The normalized spacial score (nSPS) is 10.8. The van der Waals surface area contributed by atoms with Gasteiger partial charge in [0.2, 0.25) is 0 Å². The van der Waals surface area contributed by atoms with Crippen molar-refractivity contribution in [1.29, 1.82) is 5.26 Å². The van der Waals surface area contributed by atoms with E-state index in [2.05, 4.69) is 15.9 Å². The number of allylic oxidation sites excluding steroid dienone is 1. The Kier molecular flexibility index (Phi) is 6.51. The topological polar surface area (TPSA) is 123 Å². The van der Waals surface area contributed by atoms with Gasteiger partial charge in [0.15, 0.2) is 18.1 Å². The molecule has 9 heteroatoms. The number of nitro groups is 1. The molecule has 0 fully saturated rings. The number of nitro benzene ring substituents is 1. The van der Waals surface area contributed by atoms with Crippen molar-refractivity contribution in [2.45, 2.75) is 0 Å². The van der Waals surface area contributed by atoms with E-state index < -0.39 is 17.5 Å². The van der Waals surface area contributed by atoms with E-state index in [1.807, 2.05) is 6.07 Å². The van der Waals surface area contributed by atoms with E-state index in [1.54, 1.807) is 18.2 Å². The van der Waals surface area contributed by atoms with Gasteiger partial charge in [-0.05, 0) is 45.3 Å². The fourth-order valence-electron chi connectivity index (χ4n) is 2.23. The lowest BCUT2D eigenvalue weighted by Crippen LogP contribution is -2.10. The average molecular weight is 433 g/mol. The molecule has 0 aliphatic heterocycles. The number of hydrogen-bond acceptors (Lipinski definition) is 6. The highest BCUT2D eigenvalue weighted by Crippen LogP contribution is 2.37. The van der Waals surface area contributed by atoms with E-state index in [1.165, 1.54) is 31.4 Å². The zero-order valence-corrected chi connectivity index (χ0v) is 15.6. The first-order valence-electron chi connectivity index (χ1n) is 7.44. The fourth-order valence-corrected chi connectivity index (χ4v) is 2.81. The largest absolute Gasteiger partial charge is 0.493 e. The fraction of sp³-hybridized carbons (Fsp3) is 0.111. The van der Waals surface area contributed by atoms with Crippen LogP contribution in [0.5, 0.6) is 11.5 Å². The number of carbonyl (C=O) groups is 1. The maximum absolute atomic E-state index is 10.9. The summed E-state index contributed by atoms with van der Waals surface area (Å²) in [5, 5.41) is 29.1. The lowest BCUT2D eigenvalue weighted by Gasteiger charge is -2.12. The van der Waals surface area contributed by atoms with Gasteiger partial charge in [0.1, 0.15) is 0 Å². The SMILES string of the molecule is COc1cc(C=C(C#N)c2cccc([N+](=O)[O-])c2)cc(Br)c1OCC(=O)O. The summed E-state index contributed by atoms with van der Waals surface area (Å²) in [6.07, 6.45) is 1.54. The van der Waals surface area contributed by atoms with Crippen LogP contribution in [-0.4, -0.2) is 29.7 Å². The first-order chi connectivity index (χ1) is 12.8. The van der Waals surface area contributed by atoms with Crippen LogP contribution in [0.2, 0.25) is 0 Å². The average Bonchev–Trinajstić information content (AvgIpc) is 2.64. The molecule has 2 rings (SSSR count). The third kappa shape index (κ3) is 5.05. The minimum Gasteiger partial charge on any atom is -0.493 e. The highest BCUT2D eigenvalue weighted by atomic mass is 79.9. The van der Waals surface area contributed by atoms with Gasteiger partial charge < -0.3 is 14.6 Å². The van der Waals surface area contributed by atoms with Crippen molar-refractivity contribution >= 4 is 39.2 Å². The first-order valence-corrected chi connectivity index (χ1v) is 8.23. The number of aliphatic carboxylic acids is 1. The summed E-state index contributed by atoms with van der Waals surface area (Å²) in [5.74, 6) is -0.649. The number of carboxylic acid groups (broad SMARTS) is 1. The molecule has 0 aliphatic rings. The smallest absolute Gasteiger partial charge is 0.341 e. The van der Waals surface area contributed by atoms with Gasteiger partial charge >= 0.3 is 5.97 Å². The lowest BCUT2D eigenvalue weighted by molar-refractivity contribution is -0.384. The minimum absolute atomic E-state index is 0.121. The number of hydrogen-bond donors (Lipinski definition) is 1. The predicted molar refractivity (Wildman–Crippen MR) is 100 cm³/mol. The summed E-state index contributed by atoms with van der Waals surface area (Å²) < 4.78 is 10.9. The molecule has 0 saturated heterocycles. The molecular weight excluding hydrogens is 420 g/mol. The monoisotopic (exact) mass is 432 g/mol. The lowest BCUT2D eigenvalue weighted by atomic mass is 10.0. The molecule has 0 heterocycles. The Balaban J connectivity index is 2.45. The maximum atomic E-state index is 10.9. The molecule has 27 heavy (non-hydrogen) atoms. The van der Waals surface area contributed by atoms with Crippen LogP contribution < -0.4 is 9.47 Å². The highest BCUT2D eigenvalue weighted by Gasteiger charge is 2.14. The van der Waals surface area contributed by atoms with Crippen LogP contribution in [0.1, 0.15) is 11.1 Å². The molecule has 138 valence electrons. The summed E-state index contributed by atoms with van der Waals surface area (Å²) in [4.78, 5) is 21.1. The van der Waals surface area contributed by atoms with Crippen LogP contribution in [-0.2, 0) is 4.79 Å². The minimum atomic E-state index is -1.13. The Hall–Kier alpha value is -3.38. The van der Waals surface area contributed by atoms with E-state index >= 15 is 0 Å². The Bertz CT molecular complexity index is 965. The van der Waals surface area contributed by atoms with Crippen LogP contribution in [0.15, 0.2) is 40.9 Å². The predicted octanol–water partition coefficient (Wildman–Crippen LogP) is 3.89. The Morgan fingerprint density at radius 3 is 2.74 bits per heavy atom. The van der Waals surface area contributed by atoms with Gasteiger partial charge in [-0.3, -0.25) is 10.1 Å². The van der Waals surface area contributed by atoms with Gasteiger partial charge in [0, 0.05) is 12.1 Å². The van der Waals surface area contributed by atoms with Gasteiger partial charge in [-0.15, -0.1) is 0 Å². The quantitative estimate of drug-likeness (QED) is 0.304. The number of carboxylic acids is 1. The molecule has 0 aliphatic carbocycles. The molecular formula is C18H13BrN2O6. The third-order valence-electron chi connectivity index (χ3n) is 3.39. The van der Waals surface area contributed by atoms with Crippen LogP contribution in [0, 0.1) is 21.4 Å². The van der Waals surface area contributed by atoms with Crippen LogP contribution in [0.4, 0.5) is 5.69 Å². The molecule has 8 nitrogen and oxygen atoms in total. The van der Waals surface area contributed by atoms with Gasteiger partial charge in [-0.2, -0.15) is 5.26 Å². The van der Waals surface area contributed by atoms with E-state index in [0.717, 1.165) is 0 Å². The molecule has 1 N–H and O–H groups in total. The van der Waals surface area contributed by atoms with Gasteiger partial charge in [0.05, 0.1) is 28.1 Å². The number of nitrogens with zero attached hydrogens (tertiary/aromatic N) is 2. The molecule has 0 unspecified atom stereocenters. The van der Waals surface area contributed by atoms with E-state index in [9.17, 15) is 20.2 Å². The van der Waals surface area contributed by atoms with Crippen LogP contribution in [0.25, 0.3) is 11.6 Å². The molecule has 0 aromatic heterocycles. The second kappa shape index (κ2) is 8.82. The van der Waals surface area contributed by atoms with Crippen molar-refractivity contribution in [3.8, 4) is 17.6 Å². The van der Waals surface area contributed by atoms with Crippen molar-refractivity contribution in [2.24, 2.45) is 0 Å². The standard InChI is InChI=1S/C18H13BrN2O6/c1-26-16-7-11(6-15(19)18(16)27-10-17(22)23)5-13(9-20)12-3-2-4-14(8-12)21(24)25/h2-8H,10H2,1H3,(H,22,23). The van der Waals surface area contributed by atoms with Crippen molar-refractivity contribution in [1.82, 2.24) is 0 Å². The zero-order valence-electron chi connectivity index (χ0n) is 14.0. The Morgan fingerprint density at radius 2 is 2.15 bits per heavy atom. The molecule has 0 radical (unpaired) electrons. The molecule has 0 saturated carbocycles. The van der Waals surface area contributed by atoms with Gasteiger partial charge in [-0.1, -0.05) is 12.1 Å². The second-order valence-corrected chi connectivity index (χ2v) is 6.05. The molecule has 0 bridgehead atoms. The number of rotatable bonds is 7. The van der Waals surface area contributed by atoms with Crippen molar-refractivity contribution in [3.63, 3.8) is 0 Å². The number of non-ortho nitro benzene ring substituents is 1. The molecule has 2 aromatic carbocycles. The molecule has 0 atom stereocenters. The Labute approximate surface area is 162 Å². The summed E-state index contributed by atoms with van der Waals surface area (Å²) in [6.45, 7) is -0.540. The number of halogens is 1. The van der Waals surface area contributed by atoms with E-state index in [4.69, 9.17) is 14.6 Å². The Morgan fingerprint density at radius 1 is 1.41 bits per heavy atom. The van der Waals surface area contributed by atoms with Crippen LogP contribution >= 0.6 is 15.9 Å². The summed E-state index contributed by atoms with van der Waals surface area (Å²) in [6, 6.07) is 10.9. The maximum Gasteiger partial charge on any atom is 0.341 e. The van der Waals surface area contributed by atoms with Crippen molar-refractivity contribution in [2.75, 3.05) is 13.7 Å². The van der Waals surface area contributed by atoms with E-state index in [-0.39, 0.29) is 22.8 Å². The summed E-state index contributed by atoms with van der Waals surface area (Å²) in [5.41, 5.74) is 1.05. The number of benzene rings is 2. The second-order valence-electron chi connectivity index (χ2n) is 5.19. The summed E-state index contributed by atoms with van der Waals surface area (Å²) in [7, 11) is 1.40. The van der Waals surface area contributed by atoms with Crippen molar-refractivity contribution in [3.05, 3.63) is 62.1 Å². The number of methoxy groups -OCH3 is 1. The molecule has 0 amide bonds. The first kappa shape index (κ1) is 19.9. The van der Waals surface area contributed by atoms with Gasteiger partial charge in [0.25, 0.3) is 5.69 Å². The third-order valence-corrected chi connectivity index (χ3v) is 3.98. The number of ether oxygens (including phenoxy) is 2. The van der Waals surface area contributed by atoms with E-state index in [0.29, 0.717) is 15.6 Å². The van der Waals surface area contributed by atoms with Gasteiger partial charge in [-0.25, -0.2) is 4.79 Å². The molecule has 2 aromatic rings. The van der Waals surface area contributed by atoms with Crippen molar-refractivity contribution < 1.29 is 24.3 Å². The van der Waals surface area contributed by atoms with Crippen LogP contribution in [0.3, 0.4) is 0 Å². The number of nitriles is 1. The molecule has 0 spiro atoms. The zero-order chi connectivity index (χ0) is 20.0. The summed E-state index contributed by atoms with van der Waals surface area (Å²) >= 11 is 3.29.